The standard InChI is InChI=1S/C19H17FN2O2S/c20-15-7-4-8-16-17(15)21-19(25-16)24-14-9-11-22(12-10-14)18(23)13-5-2-1-3-6-13/h1-8,14H,9-12H2. The van der Waals surface area contributed by atoms with Gasteiger partial charge in [0, 0.05) is 31.5 Å². The van der Waals surface area contributed by atoms with E-state index in [4.69, 9.17) is 4.74 Å². The molecule has 6 heteroatoms. The molecule has 0 bridgehead atoms. The van der Waals surface area contributed by atoms with Gasteiger partial charge in [0.1, 0.15) is 17.4 Å². The molecule has 0 unspecified atom stereocenters. The topological polar surface area (TPSA) is 42.4 Å². The summed E-state index contributed by atoms with van der Waals surface area (Å²) in [4.78, 5) is 18.6. The fourth-order valence-corrected chi connectivity index (χ4v) is 3.92. The molecule has 1 amide bonds. The van der Waals surface area contributed by atoms with Crippen molar-refractivity contribution in [3.63, 3.8) is 0 Å². The molecule has 1 aromatic heterocycles. The molecule has 0 N–H and O–H groups in total. The number of amides is 1. The summed E-state index contributed by atoms with van der Waals surface area (Å²) < 4.78 is 20.4. The Morgan fingerprint density at radius 3 is 2.60 bits per heavy atom. The molecule has 3 aromatic rings. The van der Waals surface area contributed by atoms with E-state index in [-0.39, 0.29) is 17.8 Å². The molecule has 0 radical (unpaired) electrons. The van der Waals surface area contributed by atoms with E-state index in [0.717, 1.165) is 17.5 Å². The van der Waals surface area contributed by atoms with Gasteiger partial charge in [0.15, 0.2) is 0 Å². The molecule has 0 atom stereocenters. The number of piperidine rings is 1. The van der Waals surface area contributed by atoms with E-state index in [9.17, 15) is 9.18 Å². The minimum Gasteiger partial charge on any atom is -0.467 e. The maximum absolute atomic E-state index is 13.7. The molecule has 1 aliphatic heterocycles. The van der Waals surface area contributed by atoms with E-state index in [1.54, 1.807) is 6.07 Å². The summed E-state index contributed by atoms with van der Waals surface area (Å²) >= 11 is 1.36. The summed E-state index contributed by atoms with van der Waals surface area (Å²) in [6.45, 7) is 1.30. The Kier molecular flexibility index (Phi) is 4.36. The second-order valence-corrected chi connectivity index (χ2v) is 7.03. The van der Waals surface area contributed by atoms with Crippen molar-refractivity contribution in [3.05, 3.63) is 59.9 Å². The number of halogens is 1. The fourth-order valence-electron chi connectivity index (χ4n) is 3.03. The predicted octanol–water partition coefficient (Wildman–Crippen LogP) is 4.12. The van der Waals surface area contributed by atoms with Gasteiger partial charge in [-0.15, -0.1) is 0 Å². The van der Waals surface area contributed by atoms with Gasteiger partial charge in [-0.3, -0.25) is 4.79 Å². The van der Waals surface area contributed by atoms with Gasteiger partial charge in [0.25, 0.3) is 11.1 Å². The molecule has 1 fully saturated rings. The van der Waals surface area contributed by atoms with Crippen molar-refractivity contribution in [2.24, 2.45) is 0 Å². The first-order chi connectivity index (χ1) is 12.2. The number of carbonyl (C=O) groups excluding carboxylic acids is 1. The summed E-state index contributed by atoms with van der Waals surface area (Å²) in [6.07, 6.45) is 1.50. The van der Waals surface area contributed by atoms with Crippen LogP contribution in [0.2, 0.25) is 0 Å². The van der Waals surface area contributed by atoms with Crippen LogP contribution in [0.1, 0.15) is 23.2 Å². The molecule has 4 rings (SSSR count). The Balaban J connectivity index is 1.38. The van der Waals surface area contributed by atoms with E-state index in [0.29, 0.717) is 29.4 Å². The number of nitrogens with zero attached hydrogens (tertiary/aromatic N) is 2. The summed E-state index contributed by atoms with van der Waals surface area (Å²) in [6, 6.07) is 14.2. The zero-order chi connectivity index (χ0) is 17.2. The maximum atomic E-state index is 13.7. The molecule has 0 aliphatic carbocycles. The summed E-state index contributed by atoms with van der Waals surface area (Å²) in [5, 5.41) is 0.493. The molecule has 0 saturated carbocycles. The van der Waals surface area contributed by atoms with Gasteiger partial charge in [0.05, 0.1) is 4.70 Å². The van der Waals surface area contributed by atoms with Gasteiger partial charge in [-0.2, -0.15) is 4.98 Å². The van der Waals surface area contributed by atoms with Crippen LogP contribution in [0.3, 0.4) is 0 Å². The molecule has 4 nitrogen and oxygen atoms in total. The lowest BCUT2D eigenvalue weighted by molar-refractivity contribution is 0.0595. The molecule has 2 aromatic carbocycles. The zero-order valence-electron chi connectivity index (χ0n) is 13.5. The van der Waals surface area contributed by atoms with Crippen molar-refractivity contribution in [1.82, 2.24) is 9.88 Å². The molecule has 2 heterocycles. The number of carbonyl (C=O) groups is 1. The first-order valence-corrected chi connectivity index (χ1v) is 9.08. The van der Waals surface area contributed by atoms with Gasteiger partial charge in [-0.1, -0.05) is 35.6 Å². The van der Waals surface area contributed by atoms with Gasteiger partial charge >= 0.3 is 0 Å². The molecule has 128 valence electrons. The summed E-state index contributed by atoms with van der Waals surface area (Å²) in [5.41, 5.74) is 1.07. The molecule has 25 heavy (non-hydrogen) atoms. The number of para-hydroxylation sites is 1. The van der Waals surface area contributed by atoms with Crippen molar-refractivity contribution >= 4 is 27.5 Å². The predicted molar refractivity (Wildman–Crippen MR) is 95.6 cm³/mol. The van der Waals surface area contributed by atoms with Crippen LogP contribution in [0.4, 0.5) is 4.39 Å². The largest absolute Gasteiger partial charge is 0.467 e. The highest BCUT2D eigenvalue weighted by Gasteiger charge is 2.25. The van der Waals surface area contributed by atoms with Crippen LogP contribution in [0.25, 0.3) is 10.2 Å². The number of fused-ring (bicyclic) bond motifs is 1. The van der Waals surface area contributed by atoms with Crippen LogP contribution in [0.15, 0.2) is 48.5 Å². The molecule has 1 saturated heterocycles. The number of benzene rings is 2. The Hall–Kier alpha value is -2.47. The van der Waals surface area contributed by atoms with Crippen LogP contribution in [0.5, 0.6) is 5.19 Å². The molecule has 1 aliphatic rings. The monoisotopic (exact) mass is 356 g/mol. The summed E-state index contributed by atoms with van der Waals surface area (Å²) in [7, 11) is 0. The first-order valence-electron chi connectivity index (χ1n) is 8.27. The zero-order valence-corrected chi connectivity index (χ0v) is 14.3. The smallest absolute Gasteiger partial charge is 0.274 e. The van der Waals surface area contributed by atoms with Gasteiger partial charge < -0.3 is 9.64 Å². The lowest BCUT2D eigenvalue weighted by atomic mass is 10.1. The molecular formula is C19H17FN2O2S. The van der Waals surface area contributed by atoms with E-state index >= 15 is 0 Å². The third-order valence-electron chi connectivity index (χ3n) is 4.37. The third-order valence-corrected chi connectivity index (χ3v) is 5.28. The van der Waals surface area contributed by atoms with Gasteiger partial charge in [0.2, 0.25) is 0 Å². The maximum Gasteiger partial charge on any atom is 0.274 e. The van der Waals surface area contributed by atoms with Crippen LogP contribution >= 0.6 is 11.3 Å². The fraction of sp³-hybridized carbons (Fsp3) is 0.263. The number of hydrogen-bond donors (Lipinski definition) is 0. The number of aromatic nitrogens is 1. The van der Waals surface area contributed by atoms with Crippen molar-refractivity contribution in [1.29, 1.82) is 0 Å². The van der Waals surface area contributed by atoms with Crippen LogP contribution in [0, 0.1) is 5.82 Å². The van der Waals surface area contributed by atoms with Crippen LogP contribution < -0.4 is 4.74 Å². The quantitative estimate of drug-likeness (QED) is 0.709. The Morgan fingerprint density at radius 2 is 1.88 bits per heavy atom. The average molecular weight is 356 g/mol. The van der Waals surface area contributed by atoms with Crippen molar-refractivity contribution in [2.75, 3.05) is 13.1 Å². The molecular weight excluding hydrogens is 339 g/mol. The van der Waals surface area contributed by atoms with Crippen molar-refractivity contribution in [3.8, 4) is 5.19 Å². The minimum absolute atomic E-state index is 0.00319. The highest BCUT2D eigenvalue weighted by Crippen LogP contribution is 2.31. The minimum atomic E-state index is -0.327. The Morgan fingerprint density at radius 1 is 1.12 bits per heavy atom. The second-order valence-electron chi connectivity index (χ2n) is 6.04. The average Bonchev–Trinajstić information content (AvgIpc) is 3.06. The van der Waals surface area contributed by atoms with Crippen LogP contribution in [-0.2, 0) is 0 Å². The summed E-state index contributed by atoms with van der Waals surface area (Å²) in [5.74, 6) is -0.270. The van der Waals surface area contributed by atoms with Gasteiger partial charge in [-0.05, 0) is 24.3 Å². The highest BCUT2D eigenvalue weighted by atomic mass is 32.1. The SMILES string of the molecule is O=C(c1ccccc1)N1CCC(Oc2nc3c(F)cccc3s2)CC1. The van der Waals surface area contributed by atoms with Crippen molar-refractivity contribution < 1.29 is 13.9 Å². The van der Waals surface area contributed by atoms with Crippen molar-refractivity contribution in [2.45, 2.75) is 18.9 Å². The van der Waals surface area contributed by atoms with E-state index < -0.39 is 0 Å². The molecule has 0 spiro atoms. The highest BCUT2D eigenvalue weighted by molar-refractivity contribution is 7.20. The normalized spacial score (nSPS) is 15.5. The lowest BCUT2D eigenvalue weighted by Crippen LogP contribution is -2.41. The van der Waals surface area contributed by atoms with Gasteiger partial charge in [-0.25, -0.2) is 4.39 Å². The number of thiazole rings is 1. The first kappa shape index (κ1) is 16.0. The number of ether oxygens (including phenoxy) is 1. The third kappa shape index (κ3) is 3.35. The number of hydrogen-bond acceptors (Lipinski definition) is 4. The van der Waals surface area contributed by atoms with E-state index in [1.807, 2.05) is 41.3 Å². The Labute approximate surface area is 148 Å². The van der Waals surface area contributed by atoms with Crippen LogP contribution in [-0.4, -0.2) is 35.0 Å². The second kappa shape index (κ2) is 6.80. The number of rotatable bonds is 3. The lowest BCUT2D eigenvalue weighted by Gasteiger charge is -2.31. The van der Waals surface area contributed by atoms with E-state index in [2.05, 4.69) is 4.98 Å². The Bertz CT molecular complexity index is 889. The number of likely N-dealkylation sites (tertiary alicyclic amines) is 1. The van der Waals surface area contributed by atoms with E-state index in [1.165, 1.54) is 17.4 Å².